The first-order valence-corrected chi connectivity index (χ1v) is 5.03. The molecule has 3 unspecified atom stereocenters. The van der Waals surface area contributed by atoms with Gasteiger partial charge in [-0.25, -0.2) is 0 Å². The first kappa shape index (κ1) is 10.5. The van der Waals surface area contributed by atoms with Gasteiger partial charge in [0.25, 0.3) is 0 Å². The Hall–Kier alpha value is -0.570. The quantitative estimate of drug-likeness (QED) is 0.731. The smallest absolute Gasteiger partial charge is 0.309 e. The van der Waals surface area contributed by atoms with Crippen LogP contribution in [0.25, 0.3) is 0 Å². The molecule has 0 aliphatic carbocycles. The maximum absolute atomic E-state index is 10.8. The molecule has 0 aromatic rings. The SMILES string of the molecule is CCCCC1CC(C(=O)O)C(C)O1. The standard InChI is InChI=1S/C10H18O3/c1-3-4-5-8-6-9(10(11)12)7(2)13-8/h7-9H,3-6H2,1-2H3,(H,11,12). The van der Waals surface area contributed by atoms with Crippen molar-refractivity contribution in [1.82, 2.24) is 0 Å². The van der Waals surface area contributed by atoms with Crippen molar-refractivity contribution in [2.75, 3.05) is 0 Å². The van der Waals surface area contributed by atoms with Crippen molar-refractivity contribution in [1.29, 1.82) is 0 Å². The third-order valence-electron chi connectivity index (χ3n) is 2.69. The molecule has 1 fully saturated rings. The van der Waals surface area contributed by atoms with Gasteiger partial charge in [-0.05, 0) is 19.8 Å². The van der Waals surface area contributed by atoms with Gasteiger partial charge in [0, 0.05) is 0 Å². The van der Waals surface area contributed by atoms with E-state index in [1.807, 2.05) is 6.92 Å². The molecule has 1 aliphatic heterocycles. The average molecular weight is 186 g/mol. The summed E-state index contributed by atoms with van der Waals surface area (Å²) in [7, 11) is 0. The topological polar surface area (TPSA) is 46.5 Å². The van der Waals surface area contributed by atoms with Crippen molar-refractivity contribution in [3.05, 3.63) is 0 Å². The second kappa shape index (κ2) is 4.61. The minimum Gasteiger partial charge on any atom is -0.481 e. The van der Waals surface area contributed by atoms with E-state index in [9.17, 15) is 4.79 Å². The van der Waals surface area contributed by atoms with Crippen molar-refractivity contribution >= 4 is 5.97 Å². The molecule has 1 heterocycles. The van der Waals surface area contributed by atoms with E-state index in [1.54, 1.807) is 0 Å². The highest BCUT2D eigenvalue weighted by molar-refractivity contribution is 5.71. The van der Waals surface area contributed by atoms with E-state index >= 15 is 0 Å². The van der Waals surface area contributed by atoms with E-state index < -0.39 is 5.97 Å². The molecular weight excluding hydrogens is 168 g/mol. The Bertz CT molecular complexity index is 179. The third-order valence-corrected chi connectivity index (χ3v) is 2.69. The van der Waals surface area contributed by atoms with Crippen molar-refractivity contribution in [3.8, 4) is 0 Å². The van der Waals surface area contributed by atoms with Crippen LogP contribution in [0.3, 0.4) is 0 Å². The van der Waals surface area contributed by atoms with Crippen LogP contribution in [0.4, 0.5) is 0 Å². The van der Waals surface area contributed by atoms with E-state index in [1.165, 1.54) is 0 Å². The second-order valence-corrected chi connectivity index (χ2v) is 3.79. The highest BCUT2D eigenvalue weighted by Crippen LogP contribution is 2.29. The van der Waals surface area contributed by atoms with Gasteiger partial charge in [0.2, 0.25) is 0 Å². The molecule has 0 aromatic carbocycles. The Labute approximate surface area is 79.1 Å². The maximum atomic E-state index is 10.8. The van der Waals surface area contributed by atoms with Gasteiger partial charge in [-0.1, -0.05) is 19.8 Å². The van der Waals surface area contributed by atoms with Crippen LogP contribution in [0, 0.1) is 5.92 Å². The number of carboxylic acids is 1. The molecule has 1 aliphatic rings. The fourth-order valence-corrected chi connectivity index (χ4v) is 1.85. The third kappa shape index (κ3) is 2.69. The lowest BCUT2D eigenvalue weighted by atomic mass is 9.99. The van der Waals surface area contributed by atoms with Gasteiger partial charge in [-0.15, -0.1) is 0 Å². The molecule has 0 amide bonds. The predicted molar refractivity (Wildman–Crippen MR) is 49.6 cm³/mol. The summed E-state index contributed by atoms with van der Waals surface area (Å²) in [6, 6.07) is 0. The molecule has 0 aromatic heterocycles. The number of carboxylic acid groups (broad SMARTS) is 1. The van der Waals surface area contributed by atoms with Gasteiger partial charge < -0.3 is 9.84 Å². The maximum Gasteiger partial charge on any atom is 0.309 e. The number of hydrogen-bond donors (Lipinski definition) is 1. The highest BCUT2D eigenvalue weighted by atomic mass is 16.5. The van der Waals surface area contributed by atoms with Crippen LogP contribution in [0.15, 0.2) is 0 Å². The molecule has 3 atom stereocenters. The van der Waals surface area contributed by atoms with E-state index in [-0.39, 0.29) is 18.1 Å². The number of unbranched alkanes of at least 4 members (excludes halogenated alkanes) is 1. The molecule has 0 spiro atoms. The zero-order valence-electron chi connectivity index (χ0n) is 8.32. The minimum atomic E-state index is -0.716. The van der Waals surface area contributed by atoms with Crippen LogP contribution in [-0.2, 0) is 9.53 Å². The number of aliphatic carboxylic acids is 1. The minimum absolute atomic E-state index is 0.112. The predicted octanol–water partition coefficient (Wildman–Crippen LogP) is 2.05. The lowest BCUT2D eigenvalue weighted by Crippen LogP contribution is -2.20. The number of ether oxygens (including phenoxy) is 1. The van der Waals surface area contributed by atoms with Crippen molar-refractivity contribution in [3.63, 3.8) is 0 Å². The number of rotatable bonds is 4. The lowest BCUT2D eigenvalue weighted by molar-refractivity contribution is -0.143. The van der Waals surface area contributed by atoms with Crippen LogP contribution in [0.5, 0.6) is 0 Å². The summed E-state index contributed by atoms with van der Waals surface area (Å²) >= 11 is 0. The van der Waals surface area contributed by atoms with Crippen LogP contribution in [0.2, 0.25) is 0 Å². The number of carbonyl (C=O) groups is 1. The molecule has 0 saturated carbocycles. The van der Waals surface area contributed by atoms with Gasteiger partial charge in [0.15, 0.2) is 0 Å². The average Bonchev–Trinajstić information content (AvgIpc) is 2.43. The summed E-state index contributed by atoms with van der Waals surface area (Å²) in [6.45, 7) is 3.98. The zero-order valence-corrected chi connectivity index (χ0v) is 8.32. The Morgan fingerprint density at radius 1 is 1.62 bits per heavy atom. The van der Waals surface area contributed by atoms with Crippen LogP contribution in [-0.4, -0.2) is 23.3 Å². The van der Waals surface area contributed by atoms with Gasteiger partial charge in [0.05, 0.1) is 18.1 Å². The van der Waals surface area contributed by atoms with Crippen LogP contribution < -0.4 is 0 Å². The summed E-state index contributed by atoms with van der Waals surface area (Å²) < 4.78 is 5.56. The van der Waals surface area contributed by atoms with Gasteiger partial charge in [-0.2, -0.15) is 0 Å². The molecule has 3 heteroatoms. The molecule has 1 saturated heterocycles. The molecule has 1 rings (SSSR count). The Morgan fingerprint density at radius 2 is 2.31 bits per heavy atom. The lowest BCUT2D eigenvalue weighted by Gasteiger charge is -2.09. The molecular formula is C10H18O3. The summed E-state index contributed by atoms with van der Waals surface area (Å²) in [5.74, 6) is -1.01. The Morgan fingerprint density at radius 3 is 2.77 bits per heavy atom. The molecule has 0 radical (unpaired) electrons. The number of hydrogen-bond acceptors (Lipinski definition) is 2. The van der Waals surface area contributed by atoms with Crippen LogP contribution in [0.1, 0.15) is 39.5 Å². The first-order valence-electron chi connectivity index (χ1n) is 5.03. The summed E-state index contributed by atoms with van der Waals surface area (Å²) in [5.41, 5.74) is 0. The van der Waals surface area contributed by atoms with Crippen molar-refractivity contribution in [2.45, 2.75) is 51.7 Å². The summed E-state index contributed by atoms with van der Waals surface area (Å²) in [6.07, 6.45) is 4.03. The van der Waals surface area contributed by atoms with E-state index in [4.69, 9.17) is 9.84 Å². The van der Waals surface area contributed by atoms with Gasteiger partial charge >= 0.3 is 5.97 Å². The fourth-order valence-electron chi connectivity index (χ4n) is 1.85. The van der Waals surface area contributed by atoms with Gasteiger partial charge in [0.1, 0.15) is 0 Å². The molecule has 0 bridgehead atoms. The van der Waals surface area contributed by atoms with Gasteiger partial charge in [-0.3, -0.25) is 4.79 Å². The Balaban J connectivity index is 2.36. The van der Waals surface area contributed by atoms with Crippen molar-refractivity contribution in [2.24, 2.45) is 5.92 Å². The largest absolute Gasteiger partial charge is 0.481 e. The van der Waals surface area contributed by atoms with E-state index in [2.05, 4.69) is 6.92 Å². The Kier molecular flexibility index (Phi) is 3.72. The van der Waals surface area contributed by atoms with E-state index in [0.717, 1.165) is 19.3 Å². The monoisotopic (exact) mass is 186 g/mol. The van der Waals surface area contributed by atoms with Crippen LogP contribution >= 0.6 is 0 Å². The van der Waals surface area contributed by atoms with Crippen molar-refractivity contribution < 1.29 is 14.6 Å². The first-order chi connectivity index (χ1) is 6.15. The summed E-state index contributed by atoms with van der Waals surface area (Å²) in [4.78, 5) is 10.8. The second-order valence-electron chi connectivity index (χ2n) is 3.79. The normalized spacial score (nSPS) is 33.5. The van der Waals surface area contributed by atoms with E-state index in [0.29, 0.717) is 6.42 Å². The molecule has 76 valence electrons. The molecule has 1 N–H and O–H groups in total. The fraction of sp³-hybridized carbons (Fsp3) is 0.900. The molecule has 13 heavy (non-hydrogen) atoms. The summed E-state index contributed by atoms with van der Waals surface area (Å²) in [5, 5.41) is 8.85. The zero-order chi connectivity index (χ0) is 9.84. The highest BCUT2D eigenvalue weighted by Gasteiger charge is 2.36. The molecule has 3 nitrogen and oxygen atoms in total.